The second-order valence-corrected chi connectivity index (χ2v) is 3.68. The number of aryl methyl sites for hydroxylation is 1. The van der Waals surface area contributed by atoms with Crippen molar-refractivity contribution in [1.82, 2.24) is 9.78 Å². The van der Waals surface area contributed by atoms with Gasteiger partial charge in [-0.05, 0) is 6.07 Å². The van der Waals surface area contributed by atoms with Gasteiger partial charge in [-0.1, -0.05) is 0 Å². The van der Waals surface area contributed by atoms with E-state index in [1.165, 1.54) is 4.68 Å². The molecule has 0 fully saturated rings. The third-order valence-electron chi connectivity index (χ3n) is 2.41. The molecule has 0 aliphatic heterocycles. The van der Waals surface area contributed by atoms with Crippen LogP contribution in [0.1, 0.15) is 17.3 Å². The largest absolute Gasteiger partial charge is 0.319 e. The molecular weight excluding hydrogens is 231 g/mol. The maximum absolute atomic E-state index is 13.5. The van der Waals surface area contributed by atoms with Gasteiger partial charge in [0.05, 0.1) is 11.7 Å². The van der Waals surface area contributed by atoms with E-state index in [0.717, 1.165) is 0 Å². The Hall–Kier alpha value is -1.82. The van der Waals surface area contributed by atoms with Crippen molar-refractivity contribution < 1.29 is 13.2 Å². The fourth-order valence-electron chi connectivity index (χ4n) is 1.60. The number of nitrogens with zero attached hydrogens (tertiary/aromatic N) is 2. The smallest absolute Gasteiger partial charge is 0.134 e. The summed E-state index contributed by atoms with van der Waals surface area (Å²) in [6.45, 7) is 0. The Morgan fingerprint density at radius 3 is 2.29 bits per heavy atom. The lowest BCUT2D eigenvalue weighted by molar-refractivity contribution is 0.512. The van der Waals surface area contributed by atoms with Gasteiger partial charge in [-0.25, -0.2) is 13.2 Å². The van der Waals surface area contributed by atoms with E-state index in [2.05, 4.69) is 5.10 Å². The number of benzene rings is 1. The second-order valence-electron chi connectivity index (χ2n) is 3.68. The molecule has 1 heterocycles. The standard InChI is InChI=1S/C11H10F3N3/c1-17-3-2-9(16-17)11(15)10-7(13)4-6(12)5-8(10)14/h2-5,11H,15H2,1H3. The number of rotatable bonds is 2. The van der Waals surface area contributed by atoms with Crippen LogP contribution in [0.4, 0.5) is 13.2 Å². The van der Waals surface area contributed by atoms with Crippen LogP contribution in [0.2, 0.25) is 0 Å². The summed E-state index contributed by atoms with van der Waals surface area (Å²) in [6.07, 6.45) is 1.61. The molecule has 2 N–H and O–H groups in total. The third-order valence-corrected chi connectivity index (χ3v) is 2.41. The van der Waals surface area contributed by atoms with Gasteiger partial charge in [-0.3, -0.25) is 4.68 Å². The lowest BCUT2D eigenvalue weighted by Crippen LogP contribution is -2.17. The molecular formula is C11H10F3N3. The van der Waals surface area contributed by atoms with Gasteiger partial charge in [-0.2, -0.15) is 5.10 Å². The van der Waals surface area contributed by atoms with Crippen LogP contribution in [0.3, 0.4) is 0 Å². The minimum atomic E-state index is -1.06. The molecule has 0 aliphatic rings. The molecule has 3 nitrogen and oxygen atoms in total. The van der Waals surface area contributed by atoms with E-state index in [1.807, 2.05) is 0 Å². The summed E-state index contributed by atoms with van der Waals surface area (Å²) in [4.78, 5) is 0. The zero-order chi connectivity index (χ0) is 12.6. The van der Waals surface area contributed by atoms with Crippen molar-refractivity contribution in [2.24, 2.45) is 12.8 Å². The Morgan fingerprint density at radius 2 is 1.82 bits per heavy atom. The van der Waals surface area contributed by atoms with Crippen molar-refractivity contribution in [3.8, 4) is 0 Å². The summed E-state index contributed by atoms with van der Waals surface area (Å²) in [5.74, 6) is -3.00. The molecule has 6 heteroatoms. The zero-order valence-corrected chi connectivity index (χ0v) is 8.99. The summed E-state index contributed by atoms with van der Waals surface area (Å²) >= 11 is 0. The van der Waals surface area contributed by atoms with Gasteiger partial charge < -0.3 is 5.73 Å². The molecule has 0 aliphatic carbocycles. The minimum Gasteiger partial charge on any atom is -0.319 e. The van der Waals surface area contributed by atoms with Crippen molar-refractivity contribution in [3.63, 3.8) is 0 Å². The lowest BCUT2D eigenvalue weighted by Gasteiger charge is -2.11. The van der Waals surface area contributed by atoms with Crippen LogP contribution in [-0.4, -0.2) is 9.78 Å². The van der Waals surface area contributed by atoms with E-state index < -0.39 is 23.5 Å². The Bertz CT molecular complexity index is 528. The van der Waals surface area contributed by atoms with Crippen LogP contribution in [-0.2, 0) is 7.05 Å². The quantitative estimate of drug-likeness (QED) is 0.872. The molecule has 0 bridgehead atoms. The Morgan fingerprint density at radius 1 is 1.24 bits per heavy atom. The predicted molar refractivity (Wildman–Crippen MR) is 55.6 cm³/mol. The average Bonchev–Trinajstić information content (AvgIpc) is 2.63. The Balaban J connectivity index is 2.47. The molecule has 17 heavy (non-hydrogen) atoms. The first-order valence-electron chi connectivity index (χ1n) is 4.88. The number of hydrogen-bond acceptors (Lipinski definition) is 2. The summed E-state index contributed by atoms with van der Waals surface area (Å²) in [6, 6.07) is 1.69. The molecule has 1 atom stereocenters. The fraction of sp³-hybridized carbons (Fsp3) is 0.182. The van der Waals surface area contributed by atoms with E-state index in [4.69, 9.17) is 5.73 Å². The maximum Gasteiger partial charge on any atom is 0.134 e. The molecule has 1 aromatic heterocycles. The summed E-state index contributed by atoms with van der Waals surface area (Å²) < 4.78 is 41.1. The van der Waals surface area contributed by atoms with E-state index in [0.29, 0.717) is 17.8 Å². The van der Waals surface area contributed by atoms with Gasteiger partial charge in [-0.15, -0.1) is 0 Å². The fourth-order valence-corrected chi connectivity index (χ4v) is 1.60. The lowest BCUT2D eigenvalue weighted by atomic mass is 10.0. The maximum atomic E-state index is 13.5. The Kier molecular flexibility index (Phi) is 2.89. The second kappa shape index (κ2) is 4.21. The van der Waals surface area contributed by atoms with Crippen LogP contribution in [0.25, 0.3) is 0 Å². The van der Waals surface area contributed by atoms with Gasteiger partial charge in [0.2, 0.25) is 0 Å². The van der Waals surface area contributed by atoms with Crippen molar-refractivity contribution in [3.05, 3.63) is 53.1 Å². The molecule has 0 saturated carbocycles. The number of hydrogen-bond donors (Lipinski definition) is 1. The minimum absolute atomic E-state index is 0.317. The summed E-state index contributed by atoms with van der Waals surface area (Å²) in [5, 5.41) is 3.96. The molecule has 0 amide bonds. The first kappa shape index (κ1) is 11.7. The van der Waals surface area contributed by atoms with Crippen LogP contribution >= 0.6 is 0 Å². The summed E-state index contributed by atoms with van der Waals surface area (Å²) in [7, 11) is 1.66. The first-order valence-corrected chi connectivity index (χ1v) is 4.88. The monoisotopic (exact) mass is 241 g/mol. The van der Waals surface area contributed by atoms with E-state index in [1.54, 1.807) is 19.3 Å². The highest BCUT2D eigenvalue weighted by molar-refractivity contribution is 5.30. The Labute approximate surface area is 95.7 Å². The molecule has 0 radical (unpaired) electrons. The van der Waals surface area contributed by atoms with E-state index in [-0.39, 0.29) is 5.56 Å². The van der Waals surface area contributed by atoms with Gasteiger partial charge in [0.15, 0.2) is 0 Å². The van der Waals surface area contributed by atoms with Crippen molar-refractivity contribution in [2.45, 2.75) is 6.04 Å². The molecule has 90 valence electrons. The number of aromatic nitrogens is 2. The highest BCUT2D eigenvalue weighted by Crippen LogP contribution is 2.24. The topological polar surface area (TPSA) is 43.8 Å². The van der Waals surface area contributed by atoms with E-state index >= 15 is 0 Å². The van der Waals surface area contributed by atoms with Gasteiger partial charge in [0.1, 0.15) is 17.5 Å². The first-order chi connectivity index (χ1) is 7.99. The predicted octanol–water partition coefficient (Wildman–Crippen LogP) is 1.89. The van der Waals surface area contributed by atoms with Gasteiger partial charge in [0, 0.05) is 30.9 Å². The number of halogens is 3. The third kappa shape index (κ3) is 2.16. The van der Waals surface area contributed by atoms with Gasteiger partial charge >= 0.3 is 0 Å². The molecule has 1 unspecified atom stereocenters. The molecule has 0 saturated heterocycles. The normalized spacial score (nSPS) is 12.8. The molecule has 1 aromatic carbocycles. The van der Waals surface area contributed by atoms with Crippen LogP contribution in [0.15, 0.2) is 24.4 Å². The average molecular weight is 241 g/mol. The highest BCUT2D eigenvalue weighted by Gasteiger charge is 2.21. The summed E-state index contributed by atoms with van der Waals surface area (Å²) in [5.41, 5.74) is 5.64. The van der Waals surface area contributed by atoms with Gasteiger partial charge in [0.25, 0.3) is 0 Å². The highest BCUT2D eigenvalue weighted by atomic mass is 19.1. The SMILES string of the molecule is Cn1ccc(C(N)c2c(F)cc(F)cc2F)n1. The van der Waals surface area contributed by atoms with Crippen molar-refractivity contribution in [2.75, 3.05) is 0 Å². The zero-order valence-electron chi connectivity index (χ0n) is 8.99. The molecule has 0 spiro atoms. The van der Waals surface area contributed by atoms with Crippen LogP contribution in [0, 0.1) is 17.5 Å². The molecule has 2 aromatic rings. The van der Waals surface area contributed by atoms with Crippen LogP contribution < -0.4 is 5.73 Å². The van der Waals surface area contributed by atoms with E-state index in [9.17, 15) is 13.2 Å². The van der Waals surface area contributed by atoms with Crippen molar-refractivity contribution >= 4 is 0 Å². The molecule has 2 rings (SSSR count). The van der Waals surface area contributed by atoms with Crippen LogP contribution in [0.5, 0.6) is 0 Å². The number of nitrogens with two attached hydrogens (primary N) is 1. The van der Waals surface area contributed by atoms with Crippen molar-refractivity contribution in [1.29, 1.82) is 0 Å².